The van der Waals surface area contributed by atoms with Gasteiger partial charge in [0.2, 0.25) is 0 Å². The molecule has 8 heteroatoms. The van der Waals surface area contributed by atoms with Crippen LogP contribution >= 0.6 is 23.4 Å². The van der Waals surface area contributed by atoms with Crippen molar-refractivity contribution in [2.75, 3.05) is 13.4 Å². The zero-order valence-corrected chi connectivity index (χ0v) is 13.5. The molecule has 0 aliphatic heterocycles. The van der Waals surface area contributed by atoms with Gasteiger partial charge >= 0.3 is 5.97 Å². The summed E-state index contributed by atoms with van der Waals surface area (Å²) < 4.78 is 6.51. The third-order valence-electron chi connectivity index (χ3n) is 2.99. The van der Waals surface area contributed by atoms with Gasteiger partial charge < -0.3 is 9.30 Å². The SMILES string of the molecule is COC(=O)c1cn(Cc2cc(Cl)cc([N+](=O)[O-])c2)cc1SC. The fourth-order valence-electron chi connectivity index (χ4n) is 2.04. The molecule has 22 heavy (non-hydrogen) atoms. The molecule has 0 spiro atoms. The number of nitrogens with zero attached hydrogens (tertiary/aromatic N) is 2. The molecule has 2 rings (SSSR count). The minimum Gasteiger partial charge on any atom is -0.465 e. The van der Waals surface area contributed by atoms with Gasteiger partial charge in [0.15, 0.2) is 0 Å². The Kier molecular flexibility index (Phi) is 5.10. The predicted molar refractivity (Wildman–Crippen MR) is 84.8 cm³/mol. The largest absolute Gasteiger partial charge is 0.465 e. The minimum absolute atomic E-state index is 0.0621. The van der Waals surface area contributed by atoms with Crippen molar-refractivity contribution in [3.05, 3.63) is 56.9 Å². The van der Waals surface area contributed by atoms with Gasteiger partial charge in [-0.2, -0.15) is 0 Å². The summed E-state index contributed by atoms with van der Waals surface area (Å²) >= 11 is 7.33. The molecule has 116 valence electrons. The Labute approximate surface area is 136 Å². The van der Waals surface area contributed by atoms with Crippen LogP contribution < -0.4 is 0 Å². The van der Waals surface area contributed by atoms with Gasteiger partial charge in [0.05, 0.1) is 17.6 Å². The highest BCUT2D eigenvalue weighted by molar-refractivity contribution is 7.98. The molecule has 1 aromatic heterocycles. The molecule has 1 aromatic carbocycles. The summed E-state index contributed by atoms with van der Waals surface area (Å²) in [7, 11) is 1.32. The van der Waals surface area contributed by atoms with E-state index in [1.54, 1.807) is 23.0 Å². The van der Waals surface area contributed by atoms with E-state index in [1.165, 1.54) is 31.0 Å². The fraction of sp³-hybridized carbons (Fsp3) is 0.214. The molecule has 0 radical (unpaired) electrons. The molecular formula is C14H13ClN2O4S. The molecule has 0 unspecified atom stereocenters. The molecule has 0 fully saturated rings. The van der Waals surface area contributed by atoms with E-state index < -0.39 is 10.9 Å². The smallest absolute Gasteiger partial charge is 0.340 e. The second-order valence-electron chi connectivity index (χ2n) is 4.48. The highest BCUT2D eigenvalue weighted by atomic mass is 35.5. The van der Waals surface area contributed by atoms with E-state index in [-0.39, 0.29) is 5.69 Å². The van der Waals surface area contributed by atoms with Gasteiger partial charge in [-0.05, 0) is 17.9 Å². The maximum Gasteiger partial charge on any atom is 0.340 e. The van der Waals surface area contributed by atoms with Gasteiger partial charge in [-0.3, -0.25) is 10.1 Å². The summed E-state index contributed by atoms with van der Waals surface area (Å²) in [6, 6.07) is 4.42. The fourth-order valence-corrected chi connectivity index (χ4v) is 2.89. The molecule has 0 N–H and O–H groups in total. The number of hydrogen-bond donors (Lipinski definition) is 0. The van der Waals surface area contributed by atoms with E-state index >= 15 is 0 Å². The van der Waals surface area contributed by atoms with Crippen LogP contribution in [-0.4, -0.2) is 28.8 Å². The van der Waals surface area contributed by atoms with Gasteiger partial charge in [0.1, 0.15) is 0 Å². The van der Waals surface area contributed by atoms with Crippen LogP contribution in [0.3, 0.4) is 0 Å². The summed E-state index contributed by atoms with van der Waals surface area (Å²) in [6.07, 6.45) is 5.31. The zero-order valence-electron chi connectivity index (χ0n) is 11.9. The van der Waals surface area contributed by atoms with E-state index in [4.69, 9.17) is 16.3 Å². The third kappa shape index (κ3) is 3.61. The number of benzene rings is 1. The highest BCUT2D eigenvalue weighted by Crippen LogP contribution is 2.25. The van der Waals surface area contributed by atoms with Crippen LogP contribution in [0.4, 0.5) is 5.69 Å². The first-order valence-electron chi connectivity index (χ1n) is 6.20. The number of esters is 1. The predicted octanol–water partition coefficient (Wildman–Crippen LogP) is 3.61. The number of non-ortho nitro benzene ring substituents is 1. The van der Waals surface area contributed by atoms with Crippen molar-refractivity contribution in [3.63, 3.8) is 0 Å². The van der Waals surface area contributed by atoms with Crippen LogP contribution in [0.5, 0.6) is 0 Å². The number of carbonyl (C=O) groups excluding carboxylic acids is 1. The number of nitro benzene ring substituents is 1. The minimum atomic E-state index is -0.488. The molecule has 0 aliphatic carbocycles. The molecule has 1 heterocycles. The Balaban J connectivity index is 2.33. The van der Waals surface area contributed by atoms with E-state index in [0.717, 1.165) is 4.90 Å². The van der Waals surface area contributed by atoms with Crippen LogP contribution in [0, 0.1) is 10.1 Å². The molecule has 6 nitrogen and oxygen atoms in total. The van der Waals surface area contributed by atoms with E-state index in [0.29, 0.717) is 22.7 Å². The summed E-state index contributed by atoms with van der Waals surface area (Å²) in [5, 5.41) is 11.2. The molecule has 0 saturated heterocycles. The van der Waals surface area contributed by atoms with Gasteiger partial charge in [-0.25, -0.2) is 4.79 Å². The standard InChI is InChI=1S/C14H13ClN2O4S/c1-21-14(18)12-7-16(8-13(12)22-2)6-9-3-10(15)5-11(4-9)17(19)20/h3-5,7-8H,6H2,1-2H3. The van der Waals surface area contributed by atoms with Crippen LogP contribution in [-0.2, 0) is 11.3 Å². The second-order valence-corrected chi connectivity index (χ2v) is 5.76. The number of rotatable bonds is 5. The number of nitro groups is 1. The summed E-state index contributed by atoms with van der Waals surface area (Å²) in [5.41, 5.74) is 1.08. The third-order valence-corrected chi connectivity index (χ3v) is 3.97. The first-order chi connectivity index (χ1) is 10.4. The lowest BCUT2D eigenvalue weighted by molar-refractivity contribution is -0.384. The lowest BCUT2D eigenvalue weighted by Crippen LogP contribution is -2.01. The average Bonchev–Trinajstić information content (AvgIpc) is 2.88. The van der Waals surface area contributed by atoms with Gasteiger partial charge in [0, 0.05) is 41.0 Å². The lowest BCUT2D eigenvalue weighted by Gasteiger charge is -2.04. The number of methoxy groups -OCH3 is 1. The van der Waals surface area contributed by atoms with Crippen molar-refractivity contribution in [1.82, 2.24) is 4.57 Å². The topological polar surface area (TPSA) is 74.4 Å². The Morgan fingerprint density at radius 3 is 2.73 bits per heavy atom. The molecule has 0 saturated carbocycles. The Hall–Kier alpha value is -1.99. The number of thioether (sulfide) groups is 1. The summed E-state index contributed by atoms with van der Waals surface area (Å²) in [5.74, 6) is -0.417. The molecule has 0 aliphatic rings. The first-order valence-corrected chi connectivity index (χ1v) is 7.80. The summed E-state index contributed by atoms with van der Waals surface area (Å²) in [4.78, 5) is 22.9. The van der Waals surface area contributed by atoms with Gasteiger partial charge in [0.25, 0.3) is 5.69 Å². The second kappa shape index (κ2) is 6.85. The highest BCUT2D eigenvalue weighted by Gasteiger charge is 2.15. The van der Waals surface area contributed by atoms with Crippen molar-refractivity contribution >= 4 is 35.0 Å². The van der Waals surface area contributed by atoms with Crippen molar-refractivity contribution in [2.45, 2.75) is 11.4 Å². The number of ether oxygens (including phenoxy) is 1. The normalized spacial score (nSPS) is 10.5. The van der Waals surface area contributed by atoms with Crippen molar-refractivity contribution in [1.29, 1.82) is 0 Å². The summed E-state index contributed by atoms with van der Waals surface area (Å²) in [6.45, 7) is 0.367. The quantitative estimate of drug-likeness (QED) is 0.360. The molecule has 0 bridgehead atoms. The van der Waals surface area contributed by atoms with Crippen LogP contribution in [0.25, 0.3) is 0 Å². The molecule has 0 atom stereocenters. The Bertz CT molecular complexity index is 730. The van der Waals surface area contributed by atoms with E-state index in [9.17, 15) is 14.9 Å². The van der Waals surface area contributed by atoms with Crippen molar-refractivity contribution in [2.24, 2.45) is 0 Å². The average molecular weight is 341 g/mol. The van der Waals surface area contributed by atoms with E-state index in [2.05, 4.69) is 0 Å². The maximum atomic E-state index is 11.7. The monoisotopic (exact) mass is 340 g/mol. The van der Waals surface area contributed by atoms with Gasteiger partial charge in [-0.1, -0.05) is 11.6 Å². The number of aromatic nitrogens is 1. The van der Waals surface area contributed by atoms with Crippen molar-refractivity contribution < 1.29 is 14.5 Å². The number of halogens is 1. The first kappa shape index (κ1) is 16.4. The zero-order chi connectivity index (χ0) is 16.3. The Morgan fingerprint density at radius 1 is 1.41 bits per heavy atom. The number of carbonyl (C=O) groups is 1. The number of hydrogen-bond acceptors (Lipinski definition) is 5. The molecule has 2 aromatic rings. The van der Waals surface area contributed by atoms with Gasteiger partial charge in [-0.15, -0.1) is 11.8 Å². The van der Waals surface area contributed by atoms with Crippen molar-refractivity contribution in [3.8, 4) is 0 Å². The molecular weight excluding hydrogens is 328 g/mol. The lowest BCUT2D eigenvalue weighted by atomic mass is 10.2. The molecule has 0 amide bonds. The Morgan fingerprint density at radius 2 is 2.14 bits per heavy atom. The van der Waals surface area contributed by atoms with Crippen LogP contribution in [0.2, 0.25) is 5.02 Å². The van der Waals surface area contributed by atoms with E-state index in [1.807, 2.05) is 6.26 Å². The van der Waals surface area contributed by atoms with Crippen LogP contribution in [0.15, 0.2) is 35.5 Å². The maximum absolute atomic E-state index is 11.7. The van der Waals surface area contributed by atoms with Crippen LogP contribution in [0.1, 0.15) is 15.9 Å².